The lowest BCUT2D eigenvalue weighted by Crippen LogP contribution is -2.40. The Balaban J connectivity index is 1.19. The molecule has 1 saturated heterocycles. The molecule has 0 unspecified atom stereocenters. The van der Waals surface area contributed by atoms with Gasteiger partial charge in [-0.1, -0.05) is 61.7 Å². The molecule has 5 heteroatoms. The highest BCUT2D eigenvalue weighted by molar-refractivity contribution is 5.79. The number of carbonyl (C=O) groups excluding carboxylic acids is 2. The first-order valence-corrected chi connectivity index (χ1v) is 15.3. The molecule has 5 nitrogen and oxygen atoms in total. The fraction of sp³-hybridized carbons (Fsp3) is 0.588. The lowest BCUT2D eigenvalue weighted by molar-refractivity contribution is -0.148. The van der Waals surface area contributed by atoms with Crippen LogP contribution >= 0.6 is 0 Å². The van der Waals surface area contributed by atoms with Crippen LogP contribution in [0.5, 0.6) is 0 Å². The van der Waals surface area contributed by atoms with Crippen molar-refractivity contribution in [2.75, 3.05) is 26.2 Å². The summed E-state index contributed by atoms with van der Waals surface area (Å²) in [5.74, 6) is 0.0350. The molecule has 210 valence electrons. The first-order valence-electron chi connectivity index (χ1n) is 15.3. The molecule has 39 heavy (non-hydrogen) atoms. The molecule has 0 radical (unpaired) electrons. The van der Waals surface area contributed by atoms with Crippen molar-refractivity contribution in [3.05, 3.63) is 59.2 Å². The number of benzene rings is 2. The molecule has 1 aliphatic carbocycles. The molecule has 5 rings (SSSR count). The second-order valence-corrected chi connectivity index (χ2v) is 12.2. The summed E-state index contributed by atoms with van der Waals surface area (Å²) < 4.78 is 5.27. The third-order valence-electron chi connectivity index (χ3n) is 9.50. The van der Waals surface area contributed by atoms with Crippen LogP contribution in [0.3, 0.4) is 0 Å². The summed E-state index contributed by atoms with van der Waals surface area (Å²) in [5.41, 5.74) is 6.28. The zero-order valence-electron chi connectivity index (χ0n) is 24.1. The van der Waals surface area contributed by atoms with Crippen LogP contribution in [-0.2, 0) is 33.7 Å². The van der Waals surface area contributed by atoms with E-state index < -0.39 is 0 Å². The molecule has 2 heterocycles. The summed E-state index contributed by atoms with van der Waals surface area (Å²) in [4.78, 5) is 30.4. The van der Waals surface area contributed by atoms with Crippen LogP contribution < -0.4 is 0 Å². The van der Waals surface area contributed by atoms with Gasteiger partial charge in [-0.05, 0) is 92.1 Å². The van der Waals surface area contributed by atoms with Gasteiger partial charge in [0.25, 0.3) is 0 Å². The van der Waals surface area contributed by atoms with Gasteiger partial charge in [-0.2, -0.15) is 0 Å². The molecular weight excluding hydrogens is 484 g/mol. The van der Waals surface area contributed by atoms with Crippen LogP contribution in [0.4, 0.5) is 0 Å². The van der Waals surface area contributed by atoms with Gasteiger partial charge in [-0.25, -0.2) is 0 Å². The van der Waals surface area contributed by atoms with E-state index in [0.29, 0.717) is 26.0 Å². The van der Waals surface area contributed by atoms with Gasteiger partial charge < -0.3 is 14.5 Å². The summed E-state index contributed by atoms with van der Waals surface area (Å²) in [6.45, 7) is 8.40. The summed E-state index contributed by atoms with van der Waals surface area (Å²) in [6, 6.07) is 16.6. The summed E-state index contributed by atoms with van der Waals surface area (Å²) >= 11 is 0. The zero-order chi connectivity index (χ0) is 27.2. The Labute approximate surface area is 234 Å². The first-order chi connectivity index (χ1) is 18.9. The molecule has 1 saturated carbocycles. The van der Waals surface area contributed by atoms with Crippen LogP contribution in [0, 0.1) is 5.41 Å². The fourth-order valence-electron chi connectivity index (χ4n) is 7.08. The van der Waals surface area contributed by atoms with Crippen molar-refractivity contribution in [2.45, 2.75) is 97.1 Å². The predicted octanol–water partition coefficient (Wildman–Crippen LogP) is 6.56. The maximum Gasteiger partial charge on any atom is 0.306 e. The zero-order valence-corrected chi connectivity index (χ0v) is 24.1. The molecule has 0 bridgehead atoms. The van der Waals surface area contributed by atoms with E-state index in [1.807, 2.05) is 11.8 Å². The largest absolute Gasteiger partial charge is 0.466 e. The molecule has 2 aromatic rings. The van der Waals surface area contributed by atoms with Crippen molar-refractivity contribution in [1.29, 1.82) is 0 Å². The molecule has 3 aliphatic rings. The number of carbonyl (C=O) groups is 2. The van der Waals surface area contributed by atoms with Gasteiger partial charge in [-0.3, -0.25) is 9.59 Å². The predicted molar refractivity (Wildman–Crippen MR) is 156 cm³/mol. The second-order valence-electron chi connectivity index (χ2n) is 12.2. The highest BCUT2D eigenvalue weighted by Crippen LogP contribution is 2.43. The second kappa shape index (κ2) is 12.7. The van der Waals surface area contributed by atoms with Crippen LogP contribution in [-0.4, -0.2) is 54.0 Å². The highest BCUT2D eigenvalue weighted by atomic mass is 16.5. The first kappa shape index (κ1) is 27.9. The average Bonchev–Trinajstić information content (AvgIpc) is 3.36. The van der Waals surface area contributed by atoms with Gasteiger partial charge in [0.05, 0.1) is 13.0 Å². The van der Waals surface area contributed by atoms with E-state index in [1.54, 1.807) is 0 Å². The third kappa shape index (κ3) is 6.92. The Hall–Kier alpha value is -2.66. The van der Waals surface area contributed by atoms with Crippen molar-refractivity contribution in [3.8, 4) is 11.1 Å². The lowest BCUT2D eigenvalue weighted by Gasteiger charge is -2.38. The van der Waals surface area contributed by atoms with Gasteiger partial charge in [0.2, 0.25) is 5.91 Å². The summed E-state index contributed by atoms with van der Waals surface area (Å²) in [7, 11) is 0. The van der Waals surface area contributed by atoms with Gasteiger partial charge >= 0.3 is 5.97 Å². The van der Waals surface area contributed by atoms with Crippen molar-refractivity contribution < 1.29 is 14.3 Å². The molecular formula is C34H46N2O3. The molecule has 0 aromatic heterocycles. The van der Waals surface area contributed by atoms with E-state index >= 15 is 0 Å². The molecule has 2 aromatic carbocycles. The van der Waals surface area contributed by atoms with Crippen molar-refractivity contribution in [2.24, 2.45) is 5.41 Å². The summed E-state index contributed by atoms with van der Waals surface area (Å²) in [6.07, 6.45) is 10.8. The quantitative estimate of drug-likeness (QED) is 0.345. The minimum atomic E-state index is -0.232. The monoisotopic (exact) mass is 530 g/mol. The van der Waals surface area contributed by atoms with Crippen LogP contribution in [0.2, 0.25) is 0 Å². The SMILES string of the molecule is CCOC(=O)CC1(CC(=O)N2CCc3cc(-c4ccc(CCN5CCC[C@H]5C)cc4)ccc3C2)CCCCC1. The van der Waals surface area contributed by atoms with Gasteiger partial charge in [-0.15, -0.1) is 0 Å². The molecule has 1 amide bonds. The number of nitrogens with zero attached hydrogens (tertiary/aromatic N) is 2. The van der Waals surface area contributed by atoms with Crippen LogP contribution in [0.25, 0.3) is 11.1 Å². The van der Waals surface area contributed by atoms with E-state index in [2.05, 4.69) is 54.3 Å². The Morgan fingerprint density at radius 2 is 1.69 bits per heavy atom. The molecule has 0 spiro atoms. The maximum atomic E-state index is 13.5. The summed E-state index contributed by atoms with van der Waals surface area (Å²) in [5, 5.41) is 0. The maximum absolute atomic E-state index is 13.5. The standard InChI is InChI=1S/C34H46N2O3/c1-3-39-33(38)24-34(17-5-4-6-18-34)23-32(37)36-21-16-30-22-29(13-14-31(30)25-36)28-11-9-27(10-12-28)15-20-35-19-7-8-26(35)2/h9-14,22,26H,3-8,15-21,23-25H2,1-2H3/t26-/m1/s1. The molecule has 2 fully saturated rings. The molecule has 0 N–H and O–H groups in total. The number of rotatable bonds is 9. The number of ether oxygens (including phenoxy) is 1. The topological polar surface area (TPSA) is 49.9 Å². The molecule has 1 atom stereocenters. The van der Waals surface area contributed by atoms with Gasteiger partial charge in [0, 0.05) is 32.1 Å². The van der Waals surface area contributed by atoms with Gasteiger partial charge in [0.15, 0.2) is 0 Å². The Bertz CT molecular complexity index is 1140. The van der Waals surface area contributed by atoms with E-state index in [1.165, 1.54) is 53.6 Å². The minimum absolute atomic E-state index is 0.155. The van der Waals surface area contributed by atoms with Crippen LogP contribution in [0.15, 0.2) is 42.5 Å². The van der Waals surface area contributed by atoms with Crippen LogP contribution in [0.1, 0.15) is 88.3 Å². The number of likely N-dealkylation sites (tertiary alicyclic amines) is 1. The van der Waals surface area contributed by atoms with Crippen molar-refractivity contribution in [1.82, 2.24) is 9.80 Å². The normalized spacial score (nSPS) is 21.0. The Kier molecular flexibility index (Phi) is 9.06. The minimum Gasteiger partial charge on any atom is -0.466 e. The van der Waals surface area contributed by atoms with E-state index in [-0.39, 0.29) is 17.3 Å². The smallest absolute Gasteiger partial charge is 0.306 e. The third-order valence-corrected chi connectivity index (χ3v) is 9.50. The van der Waals surface area contributed by atoms with Gasteiger partial charge in [0.1, 0.15) is 0 Å². The lowest BCUT2D eigenvalue weighted by atomic mass is 9.69. The number of fused-ring (bicyclic) bond motifs is 1. The Morgan fingerprint density at radius 1 is 0.923 bits per heavy atom. The average molecular weight is 531 g/mol. The number of hydrogen-bond acceptors (Lipinski definition) is 4. The Morgan fingerprint density at radius 3 is 2.41 bits per heavy atom. The fourth-order valence-corrected chi connectivity index (χ4v) is 7.08. The molecule has 2 aliphatic heterocycles. The van der Waals surface area contributed by atoms with Crippen molar-refractivity contribution >= 4 is 11.9 Å². The van der Waals surface area contributed by atoms with E-state index in [0.717, 1.165) is 57.7 Å². The number of amides is 1. The van der Waals surface area contributed by atoms with E-state index in [9.17, 15) is 9.59 Å². The number of hydrogen-bond donors (Lipinski definition) is 0. The van der Waals surface area contributed by atoms with E-state index in [4.69, 9.17) is 4.74 Å². The highest BCUT2D eigenvalue weighted by Gasteiger charge is 2.38. The van der Waals surface area contributed by atoms with Crippen molar-refractivity contribution in [3.63, 3.8) is 0 Å². The number of esters is 1.